The SMILES string of the molecule is C=CCOc1c(Br)cc(/C=C2\SC(=O)N(CCOc3ccc(F)cc3)C2=O)cc1OC. The van der Waals surface area contributed by atoms with E-state index >= 15 is 0 Å². The number of halogens is 2. The predicted molar refractivity (Wildman–Crippen MR) is 121 cm³/mol. The van der Waals surface area contributed by atoms with Crippen LogP contribution in [-0.4, -0.2) is 42.9 Å². The van der Waals surface area contributed by atoms with Gasteiger partial charge >= 0.3 is 0 Å². The Morgan fingerprint density at radius 1 is 1.19 bits per heavy atom. The van der Waals surface area contributed by atoms with Gasteiger partial charge in [-0.25, -0.2) is 4.39 Å². The van der Waals surface area contributed by atoms with E-state index in [1.807, 2.05) is 0 Å². The largest absolute Gasteiger partial charge is 0.493 e. The molecule has 0 radical (unpaired) electrons. The minimum atomic E-state index is -0.403. The van der Waals surface area contributed by atoms with Crippen LogP contribution in [0.15, 0.2) is 58.4 Å². The first-order valence-electron chi connectivity index (χ1n) is 9.18. The van der Waals surface area contributed by atoms with Crippen LogP contribution in [-0.2, 0) is 4.79 Å². The lowest BCUT2D eigenvalue weighted by Crippen LogP contribution is -2.32. The normalized spacial score (nSPS) is 14.8. The molecule has 1 aliphatic heterocycles. The first kappa shape index (κ1) is 22.9. The maximum atomic E-state index is 12.9. The van der Waals surface area contributed by atoms with Crippen molar-refractivity contribution in [2.45, 2.75) is 0 Å². The van der Waals surface area contributed by atoms with Crippen LogP contribution < -0.4 is 14.2 Å². The number of carbonyl (C=O) groups excluding carboxylic acids is 2. The number of nitrogens with zero attached hydrogens (tertiary/aromatic N) is 1. The van der Waals surface area contributed by atoms with E-state index in [1.54, 1.807) is 24.3 Å². The van der Waals surface area contributed by atoms with Crippen LogP contribution in [0.4, 0.5) is 9.18 Å². The molecule has 0 spiro atoms. The summed E-state index contributed by atoms with van der Waals surface area (Å²) in [5, 5.41) is -0.379. The molecule has 0 atom stereocenters. The molecule has 2 aromatic rings. The first-order valence-corrected chi connectivity index (χ1v) is 10.8. The highest BCUT2D eigenvalue weighted by molar-refractivity contribution is 9.10. The summed E-state index contributed by atoms with van der Waals surface area (Å²) >= 11 is 4.30. The lowest BCUT2D eigenvalue weighted by Gasteiger charge is -2.13. The molecule has 0 saturated carbocycles. The van der Waals surface area contributed by atoms with Crippen molar-refractivity contribution >= 4 is 44.9 Å². The third kappa shape index (κ3) is 5.68. The monoisotopic (exact) mass is 507 g/mol. The van der Waals surface area contributed by atoms with Gasteiger partial charge in [0.2, 0.25) is 0 Å². The molecule has 0 aliphatic carbocycles. The fraction of sp³-hybridized carbons (Fsp3) is 0.182. The molecule has 0 aromatic heterocycles. The molecule has 6 nitrogen and oxygen atoms in total. The maximum absolute atomic E-state index is 12.9. The van der Waals surface area contributed by atoms with Crippen molar-refractivity contribution in [1.82, 2.24) is 4.90 Å². The number of amides is 2. The molecule has 9 heteroatoms. The molecule has 31 heavy (non-hydrogen) atoms. The zero-order valence-corrected chi connectivity index (χ0v) is 19.0. The second-order valence-corrected chi connectivity index (χ2v) is 8.12. The van der Waals surface area contributed by atoms with Crippen molar-refractivity contribution in [3.05, 3.63) is 69.8 Å². The van der Waals surface area contributed by atoms with Crippen molar-refractivity contribution in [3.63, 3.8) is 0 Å². The highest BCUT2D eigenvalue weighted by Crippen LogP contribution is 2.39. The second-order valence-electron chi connectivity index (χ2n) is 6.27. The molecule has 3 rings (SSSR count). The Hall–Kier alpha value is -2.78. The first-order chi connectivity index (χ1) is 14.9. The Morgan fingerprint density at radius 2 is 1.94 bits per heavy atom. The lowest BCUT2D eigenvalue weighted by atomic mass is 10.2. The third-order valence-corrected chi connectivity index (χ3v) is 5.66. The molecule has 1 saturated heterocycles. The summed E-state index contributed by atoms with van der Waals surface area (Å²) < 4.78 is 30.0. The van der Waals surface area contributed by atoms with E-state index in [2.05, 4.69) is 22.5 Å². The number of hydrogen-bond acceptors (Lipinski definition) is 6. The topological polar surface area (TPSA) is 65.1 Å². The zero-order valence-electron chi connectivity index (χ0n) is 16.6. The van der Waals surface area contributed by atoms with Crippen LogP contribution >= 0.6 is 27.7 Å². The Labute approximate surface area is 191 Å². The Balaban J connectivity index is 1.70. The van der Waals surface area contributed by atoms with Gasteiger partial charge in [-0.2, -0.15) is 0 Å². The number of rotatable bonds is 9. The summed E-state index contributed by atoms with van der Waals surface area (Å²) in [6.07, 6.45) is 3.24. The van der Waals surface area contributed by atoms with Crippen LogP contribution in [0.2, 0.25) is 0 Å². The average Bonchev–Trinajstić information content (AvgIpc) is 3.01. The fourth-order valence-corrected chi connectivity index (χ4v) is 4.17. The molecule has 162 valence electrons. The summed E-state index contributed by atoms with van der Waals surface area (Å²) in [6, 6.07) is 9.01. The summed E-state index contributed by atoms with van der Waals surface area (Å²) in [5.74, 6) is 0.686. The standard InChI is InChI=1S/C22H19BrFNO5S/c1-3-9-30-20-17(23)11-14(12-18(20)28-2)13-19-21(26)25(22(27)31-19)8-10-29-16-6-4-15(24)5-7-16/h3-7,11-13H,1,8-10H2,2H3/b19-13-. The van der Waals surface area contributed by atoms with Crippen molar-refractivity contribution < 1.29 is 28.2 Å². The van der Waals surface area contributed by atoms with Crippen molar-refractivity contribution in [2.75, 3.05) is 26.9 Å². The number of benzene rings is 2. The minimum absolute atomic E-state index is 0.0841. The van der Waals surface area contributed by atoms with E-state index < -0.39 is 5.91 Å². The van der Waals surface area contributed by atoms with Crippen molar-refractivity contribution in [3.8, 4) is 17.2 Å². The van der Waals surface area contributed by atoms with Gasteiger partial charge in [0.15, 0.2) is 11.5 Å². The minimum Gasteiger partial charge on any atom is -0.493 e. The Morgan fingerprint density at radius 3 is 2.61 bits per heavy atom. The number of hydrogen-bond donors (Lipinski definition) is 0. The highest BCUT2D eigenvalue weighted by Gasteiger charge is 2.34. The second kappa shape index (κ2) is 10.5. The summed E-state index contributed by atoms with van der Waals surface area (Å²) in [7, 11) is 1.52. The summed E-state index contributed by atoms with van der Waals surface area (Å²) in [4.78, 5) is 26.4. The summed E-state index contributed by atoms with van der Waals surface area (Å²) in [5.41, 5.74) is 0.669. The molecule has 1 fully saturated rings. The number of thioether (sulfide) groups is 1. The quantitative estimate of drug-likeness (QED) is 0.340. The average molecular weight is 508 g/mol. The van der Waals surface area contributed by atoms with Crippen LogP contribution in [0, 0.1) is 5.82 Å². The van der Waals surface area contributed by atoms with Crippen LogP contribution in [0.25, 0.3) is 6.08 Å². The van der Waals surface area contributed by atoms with E-state index in [0.717, 1.165) is 16.7 Å². The van der Waals surface area contributed by atoms with Crippen LogP contribution in [0.1, 0.15) is 5.56 Å². The van der Waals surface area contributed by atoms with Gasteiger partial charge in [-0.05, 0) is 75.7 Å². The van der Waals surface area contributed by atoms with Crippen LogP contribution in [0.3, 0.4) is 0 Å². The zero-order chi connectivity index (χ0) is 22.4. The smallest absolute Gasteiger partial charge is 0.293 e. The molecular formula is C22H19BrFNO5S. The number of ether oxygens (including phenoxy) is 3. The van der Waals surface area contributed by atoms with Gasteiger partial charge in [-0.1, -0.05) is 12.7 Å². The maximum Gasteiger partial charge on any atom is 0.293 e. The molecule has 1 heterocycles. The lowest BCUT2D eigenvalue weighted by molar-refractivity contribution is -0.123. The van der Waals surface area contributed by atoms with Gasteiger partial charge in [-0.3, -0.25) is 14.5 Å². The van der Waals surface area contributed by atoms with Gasteiger partial charge < -0.3 is 14.2 Å². The number of imide groups is 1. The molecule has 1 aliphatic rings. The van der Waals surface area contributed by atoms with Gasteiger partial charge in [0.1, 0.15) is 24.8 Å². The van der Waals surface area contributed by atoms with E-state index in [1.165, 1.54) is 31.4 Å². The van der Waals surface area contributed by atoms with Crippen molar-refractivity contribution in [1.29, 1.82) is 0 Å². The van der Waals surface area contributed by atoms with E-state index in [4.69, 9.17) is 14.2 Å². The van der Waals surface area contributed by atoms with Gasteiger partial charge in [0, 0.05) is 0 Å². The van der Waals surface area contributed by atoms with E-state index in [9.17, 15) is 14.0 Å². The molecular weight excluding hydrogens is 489 g/mol. The Kier molecular flexibility index (Phi) is 7.75. The molecule has 0 unspecified atom stereocenters. The highest BCUT2D eigenvalue weighted by atomic mass is 79.9. The number of methoxy groups -OCH3 is 1. The van der Waals surface area contributed by atoms with Crippen molar-refractivity contribution in [2.24, 2.45) is 0 Å². The summed E-state index contributed by atoms with van der Waals surface area (Å²) in [6.45, 7) is 4.12. The van der Waals surface area contributed by atoms with E-state index in [0.29, 0.717) is 38.8 Å². The number of carbonyl (C=O) groups is 2. The fourth-order valence-electron chi connectivity index (χ4n) is 2.74. The predicted octanol–water partition coefficient (Wildman–Crippen LogP) is 5.28. The van der Waals surface area contributed by atoms with Gasteiger partial charge in [-0.15, -0.1) is 0 Å². The molecule has 2 aromatic carbocycles. The molecule has 0 bridgehead atoms. The molecule has 2 amide bonds. The molecule has 0 N–H and O–H groups in total. The van der Waals surface area contributed by atoms with Crippen LogP contribution in [0.5, 0.6) is 17.2 Å². The van der Waals surface area contributed by atoms with Gasteiger partial charge in [0.05, 0.1) is 23.0 Å². The van der Waals surface area contributed by atoms with E-state index in [-0.39, 0.29) is 24.2 Å². The third-order valence-electron chi connectivity index (χ3n) is 4.17. The van der Waals surface area contributed by atoms with Gasteiger partial charge in [0.25, 0.3) is 11.1 Å². The Bertz CT molecular complexity index is 1030.